The van der Waals surface area contributed by atoms with Gasteiger partial charge in [0.1, 0.15) is 0 Å². The van der Waals surface area contributed by atoms with E-state index in [-0.39, 0.29) is 34.5 Å². The molecule has 1 aromatic heterocycles. The van der Waals surface area contributed by atoms with Gasteiger partial charge >= 0.3 is 0 Å². The number of aromatic nitrogens is 2. The first-order chi connectivity index (χ1) is 15.8. The number of nitrogens with zero attached hydrogens (tertiary/aromatic N) is 5. The molecule has 0 unspecified atom stereocenters. The van der Waals surface area contributed by atoms with Crippen molar-refractivity contribution in [1.82, 2.24) is 24.3 Å². The van der Waals surface area contributed by atoms with Crippen LogP contribution in [0.15, 0.2) is 30.6 Å². The van der Waals surface area contributed by atoms with Gasteiger partial charge in [-0.25, -0.2) is 4.98 Å². The van der Waals surface area contributed by atoms with Crippen LogP contribution in [0.1, 0.15) is 33.8 Å². The highest BCUT2D eigenvalue weighted by Crippen LogP contribution is 2.24. The molecule has 0 saturated carbocycles. The van der Waals surface area contributed by atoms with Gasteiger partial charge in [0.25, 0.3) is 11.8 Å². The summed E-state index contributed by atoms with van der Waals surface area (Å²) in [5, 5.41) is 3.01. The number of rotatable bonds is 4. The number of halogens is 1. The number of aryl methyl sites for hydroxylation is 1. The molecule has 2 aromatic rings. The third kappa shape index (κ3) is 5.20. The highest BCUT2D eigenvalue weighted by molar-refractivity contribution is 6.34. The Morgan fingerprint density at radius 2 is 1.67 bits per heavy atom. The molecule has 3 heterocycles. The Balaban J connectivity index is 1.33. The molecule has 176 valence electrons. The smallest absolute Gasteiger partial charge is 0.291 e. The number of hydrogen-bond acceptors (Lipinski definition) is 5. The summed E-state index contributed by atoms with van der Waals surface area (Å²) in [4.78, 5) is 48.1. The first-order valence-electron chi connectivity index (χ1n) is 11.2. The van der Waals surface area contributed by atoms with Crippen molar-refractivity contribution in [2.45, 2.75) is 12.8 Å². The Bertz CT molecular complexity index is 1040. The standard InChI is InChI=1S/C23H29ClN6O3/c1-27-8-5-16(6-9-27)22(32)29-11-13-30(14-12-29)23(33)18-4-3-17(15-19(18)24)26-21(31)20-25-7-10-28(20)2/h3-4,7,10,15-16H,5-6,8-9,11-14H2,1-2H3,(H,26,31). The summed E-state index contributed by atoms with van der Waals surface area (Å²) in [7, 11) is 3.81. The van der Waals surface area contributed by atoms with E-state index >= 15 is 0 Å². The molecule has 1 N–H and O–H groups in total. The third-order valence-electron chi connectivity index (χ3n) is 6.43. The second kappa shape index (κ2) is 9.93. The number of nitrogens with one attached hydrogen (secondary N) is 1. The molecular weight excluding hydrogens is 444 g/mol. The minimum atomic E-state index is -0.358. The van der Waals surface area contributed by atoms with Crippen molar-refractivity contribution >= 4 is 35.0 Å². The van der Waals surface area contributed by atoms with Crippen molar-refractivity contribution in [2.24, 2.45) is 13.0 Å². The molecule has 0 atom stereocenters. The van der Waals surface area contributed by atoms with Gasteiger partial charge in [0.2, 0.25) is 5.91 Å². The quantitative estimate of drug-likeness (QED) is 0.734. The molecule has 0 radical (unpaired) electrons. The molecule has 0 spiro atoms. The van der Waals surface area contributed by atoms with Gasteiger partial charge in [0.05, 0.1) is 10.6 Å². The monoisotopic (exact) mass is 472 g/mol. The average Bonchev–Trinajstić information content (AvgIpc) is 3.25. The Hall–Kier alpha value is -2.91. The average molecular weight is 473 g/mol. The lowest BCUT2D eigenvalue weighted by atomic mass is 9.95. The van der Waals surface area contributed by atoms with Crippen molar-refractivity contribution in [3.63, 3.8) is 0 Å². The number of anilines is 1. The van der Waals surface area contributed by atoms with Gasteiger partial charge in [-0.15, -0.1) is 0 Å². The molecule has 10 heteroatoms. The zero-order valence-corrected chi connectivity index (χ0v) is 19.7. The van der Waals surface area contributed by atoms with Crippen LogP contribution in [0.4, 0.5) is 5.69 Å². The van der Waals surface area contributed by atoms with Crippen LogP contribution in [0.3, 0.4) is 0 Å². The summed E-state index contributed by atoms with van der Waals surface area (Å²) in [6.07, 6.45) is 5.02. The molecule has 4 rings (SSSR count). The van der Waals surface area contributed by atoms with Crippen molar-refractivity contribution in [3.8, 4) is 0 Å². The molecule has 2 saturated heterocycles. The van der Waals surface area contributed by atoms with Crippen molar-refractivity contribution in [1.29, 1.82) is 0 Å². The molecule has 9 nitrogen and oxygen atoms in total. The maximum absolute atomic E-state index is 13.0. The molecule has 2 aliphatic rings. The molecule has 2 aliphatic heterocycles. The lowest BCUT2D eigenvalue weighted by Crippen LogP contribution is -2.52. The molecule has 0 bridgehead atoms. The van der Waals surface area contributed by atoms with Gasteiger partial charge in [-0.2, -0.15) is 0 Å². The first-order valence-corrected chi connectivity index (χ1v) is 11.6. The lowest BCUT2D eigenvalue weighted by molar-refractivity contribution is -0.138. The largest absolute Gasteiger partial charge is 0.339 e. The van der Waals surface area contributed by atoms with E-state index in [1.807, 2.05) is 4.90 Å². The van der Waals surface area contributed by atoms with Crippen molar-refractivity contribution in [2.75, 3.05) is 51.6 Å². The highest BCUT2D eigenvalue weighted by Gasteiger charge is 2.31. The second-order valence-electron chi connectivity index (χ2n) is 8.71. The molecular formula is C23H29ClN6O3. The topological polar surface area (TPSA) is 90.8 Å². The number of amides is 3. The fourth-order valence-corrected chi connectivity index (χ4v) is 4.61. The van der Waals surface area contributed by atoms with Gasteiger partial charge in [0.15, 0.2) is 5.82 Å². The Morgan fingerprint density at radius 3 is 2.27 bits per heavy atom. The van der Waals surface area contributed by atoms with Crippen molar-refractivity contribution in [3.05, 3.63) is 47.0 Å². The van der Waals surface area contributed by atoms with Crippen LogP contribution in [0.25, 0.3) is 0 Å². The van der Waals surface area contributed by atoms with Crippen LogP contribution in [0.2, 0.25) is 5.02 Å². The number of benzene rings is 1. The molecule has 33 heavy (non-hydrogen) atoms. The minimum absolute atomic E-state index is 0.0893. The Kier molecular flexibility index (Phi) is 6.99. The predicted molar refractivity (Wildman–Crippen MR) is 125 cm³/mol. The summed E-state index contributed by atoms with van der Waals surface area (Å²) in [6.45, 7) is 3.92. The van der Waals surface area contributed by atoms with Gasteiger partial charge < -0.3 is 24.6 Å². The van der Waals surface area contributed by atoms with Gasteiger partial charge in [0, 0.05) is 57.2 Å². The zero-order chi connectivity index (χ0) is 23.5. The van der Waals surface area contributed by atoms with Crippen LogP contribution < -0.4 is 5.32 Å². The Morgan fingerprint density at radius 1 is 1.00 bits per heavy atom. The van der Waals surface area contributed by atoms with Crippen LogP contribution in [0.5, 0.6) is 0 Å². The summed E-state index contributed by atoms with van der Waals surface area (Å²) in [5.41, 5.74) is 0.861. The highest BCUT2D eigenvalue weighted by atomic mass is 35.5. The zero-order valence-electron chi connectivity index (χ0n) is 19.0. The summed E-state index contributed by atoms with van der Waals surface area (Å²) in [6, 6.07) is 4.84. The lowest BCUT2D eigenvalue weighted by Gasteiger charge is -2.38. The predicted octanol–water partition coefficient (Wildman–Crippen LogP) is 1.95. The van der Waals surface area contributed by atoms with Gasteiger partial charge in [-0.05, 0) is 51.2 Å². The van der Waals surface area contributed by atoms with Crippen LogP contribution in [-0.2, 0) is 11.8 Å². The molecule has 1 aromatic carbocycles. The number of likely N-dealkylation sites (tertiary alicyclic amines) is 1. The normalized spacial score (nSPS) is 17.8. The minimum Gasteiger partial charge on any atom is -0.339 e. The van der Waals surface area contributed by atoms with E-state index in [4.69, 9.17) is 11.6 Å². The van der Waals surface area contributed by atoms with E-state index in [2.05, 4.69) is 22.2 Å². The van der Waals surface area contributed by atoms with Crippen molar-refractivity contribution < 1.29 is 14.4 Å². The SMILES string of the molecule is CN1CCC(C(=O)N2CCN(C(=O)c3ccc(NC(=O)c4nccn4C)cc3Cl)CC2)CC1. The number of carbonyl (C=O) groups is 3. The van der Waals surface area contributed by atoms with Gasteiger partial charge in [-0.3, -0.25) is 14.4 Å². The van der Waals surface area contributed by atoms with E-state index < -0.39 is 0 Å². The second-order valence-corrected chi connectivity index (χ2v) is 9.11. The number of piperidine rings is 1. The fourth-order valence-electron chi connectivity index (χ4n) is 4.35. The molecule has 0 aliphatic carbocycles. The number of carbonyl (C=O) groups excluding carboxylic acids is 3. The van der Waals surface area contributed by atoms with Crippen LogP contribution >= 0.6 is 11.6 Å². The molecule has 2 fully saturated rings. The first kappa shape index (κ1) is 23.3. The van der Waals surface area contributed by atoms with E-state index in [0.717, 1.165) is 25.9 Å². The summed E-state index contributed by atoms with van der Waals surface area (Å²) < 4.78 is 1.62. The third-order valence-corrected chi connectivity index (χ3v) is 6.74. The Labute approximate surface area is 198 Å². The van der Waals surface area contributed by atoms with E-state index in [9.17, 15) is 14.4 Å². The van der Waals surface area contributed by atoms with E-state index in [1.54, 1.807) is 47.1 Å². The van der Waals surface area contributed by atoms with Crippen LogP contribution in [0, 0.1) is 5.92 Å². The summed E-state index contributed by atoms with van der Waals surface area (Å²) >= 11 is 6.39. The molecule has 3 amide bonds. The maximum Gasteiger partial charge on any atom is 0.291 e. The van der Waals surface area contributed by atoms with E-state index in [1.165, 1.54) is 0 Å². The number of piperazine rings is 1. The van der Waals surface area contributed by atoms with Gasteiger partial charge in [-0.1, -0.05) is 11.6 Å². The van der Waals surface area contributed by atoms with E-state index in [0.29, 0.717) is 37.4 Å². The number of imidazole rings is 1. The number of hydrogen-bond donors (Lipinski definition) is 1. The summed E-state index contributed by atoms with van der Waals surface area (Å²) in [5.74, 6) is 0.0443. The maximum atomic E-state index is 13.0. The fraction of sp³-hybridized carbons (Fsp3) is 0.478. The van der Waals surface area contributed by atoms with Crippen LogP contribution in [-0.4, -0.2) is 88.3 Å².